The fourth-order valence-electron chi connectivity index (χ4n) is 2.08. The summed E-state index contributed by atoms with van der Waals surface area (Å²) in [6, 6.07) is 8.90. The summed E-state index contributed by atoms with van der Waals surface area (Å²) >= 11 is 5.88. The van der Waals surface area contributed by atoms with Crippen LogP contribution in [0.4, 0.5) is 5.69 Å². The van der Waals surface area contributed by atoms with Gasteiger partial charge in [-0.3, -0.25) is 9.78 Å². The summed E-state index contributed by atoms with van der Waals surface area (Å²) in [5.41, 5.74) is 7.90. The maximum atomic E-state index is 12.5. The Hall–Kier alpha value is -2.07. The van der Waals surface area contributed by atoms with Crippen LogP contribution in [-0.4, -0.2) is 28.9 Å². The molecular formula is C16H18ClN3O. The average molecular weight is 304 g/mol. The molecule has 0 saturated carbocycles. The minimum Gasteiger partial charge on any atom is -0.398 e. The first-order valence-corrected chi connectivity index (χ1v) is 7.22. The second-order valence-corrected chi connectivity index (χ2v) is 5.13. The summed E-state index contributed by atoms with van der Waals surface area (Å²) in [5, 5.41) is 0.464. The zero-order valence-electron chi connectivity index (χ0n) is 11.9. The molecule has 1 aromatic heterocycles. The van der Waals surface area contributed by atoms with Crippen LogP contribution in [0.1, 0.15) is 22.8 Å². The summed E-state index contributed by atoms with van der Waals surface area (Å²) in [5.74, 6) is -0.0325. The molecule has 2 aromatic rings. The molecule has 2 N–H and O–H groups in total. The van der Waals surface area contributed by atoms with Gasteiger partial charge in [-0.2, -0.15) is 0 Å². The quantitative estimate of drug-likeness (QED) is 0.864. The van der Waals surface area contributed by atoms with Crippen LogP contribution < -0.4 is 5.73 Å². The van der Waals surface area contributed by atoms with Crippen molar-refractivity contribution in [2.75, 3.05) is 18.8 Å². The molecule has 0 fully saturated rings. The number of likely N-dealkylation sites (N-methyl/N-ethyl adjacent to an activating group) is 1. The minimum absolute atomic E-state index is 0.0325. The smallest absolute Gasteiger partial charge is 0.253 e. The van der Waals surface area contributed by atoms with Crippen LogP contribution in [0.25, 0.3) is 0 Å². The molecule has 1 amide bonds. The Kier molecular flexibility index (Phi) is 5.17. The molecule has 0 aliphatic carbocycles. The highest BCUT2D eigenvalue weighted by Gasteiger charge is 2.15. The highest BCUT2D eigenvalue weighted by atomic mass is 35.5. The SMILES string of the molecule is CCN(CCc1ccncc1)C(=O)c1ccc(Cl)c(N)c1. The van der Waals surface area contributed by atoms with Crippen molar-refractivity contribution < 1.29 is 4.79 Å². The Morgan fingerprint density at radius 2 is 2.00 bits per heavy atom. The van der Waals surface area contributed by atoms with Gasteiger partial charge in [-0.1, -0.05) is 11.6 Å². The minimum atomic E-state index is -0.0325. The lowest BCUT2D eigenvalue weighted by Gasteiger charge is -2.21. The first kappa shape index (κ1) is 15.3. The fourth-order valence-corrected chi connectivity index (χ4v) is 2.19. The van der Waals surface area contributed by atoms with Crippen LogP contribution in [0, 0.1) is 0 Å². The van der Waals surface area contributed by atoms with Crippen molar-refractivity contribution in [2.24, 2.45) is 0 Å². The van der Waals surface area contributed by atoms with Gasteiger partial charge in [-0.25, -0.2) is 0 Å². The molecule has 0 bridgehead atoms. The molecule has 5 heteroatoms. The second-order valence-electron chi connectivity index (χ2n) is 4.73. The first-order valence-electron chi connectivity index (χ1n) is 6.85. The van der Waals surface area contributed by atoms with Gasteiger partial charge in [-0.05, 0) is 49.2 Å². The zero-order valence-corrected chi connectivity index (χ0v) is 12.7. The van der Waals surface area contributed by atoms with Gasteiger partial charge >= 0.3 is 0 Å². The van der Waals surface area contributed by atoms with E-state index in [2.05, 4.69) is 4.98 Å². The van der Waals surface area contributed by atoms with Crippen molar-refractivity contribution in [2.45, 2.75) is 13.3 Å². The van der Waals surface area contributed by atoms with Crippen LogP contribution in [0.3, 0.4) is 0 Å². The number of carbonyl (C=O) groups is 1. The average Bonchev–Trinajstić information content (AvgIpc) is 2.51. The van der Waals surface area contributed by atoms with E-state index < -0.39 is 0 Å². The van der Waals surface area contributed by atoms with E-state index in [0.29, 0.717) is 29.4 Å². The number of nitrogen functional groups attached to an aromatic ring is 1. The Morgan fingerprint density at radius 3 is 2.62 bits per heavy atom. The predicted molar refractivity (Wildman–Crippen MR) is 85.4 cm³/mol. The molecule has 4 nitrogen and oxygen atoms in total. The molecule has 0 unspecified atom stereocenters. The highest BCUT2D eigenvalue weighted by Crippen LogP contribution is 2.20. The number of benzene rings is 1. The molecule has 110 valence electrons. The van der Waals surface area contributed by atoms with E-state index in [-0.39, 0.29) is 5.91 Å². The predicted octanol–water partition coefficient (Wildman–Crippen LogP) is 3.02. The van der Waals surface area contributed by atoms with E-state index in [1.807, 2.05) is 19.1 Å². The lowest BCUT2D eigenvalue weighted by Crippen LogP contribution is -2.32. The fraction of sp³-hybridized carbons (Fsp3) is 0.250. The number of halogens is 1. The van der Waals surface area contributed by atoms with Crippen LogP contribution in [0.15, 0.2) is 42.7 Å². The molecule has 0 saturated heterocycles. The highest BCUT2D eigenvalue weighted by molar-refractivity contribution is 6.33. The van der Waals surface area contributed by atoms with Gasteiger partial charge in [0.15, 0.2) is 0 Å². The molecule has 0 aliphatic rings. The van der Waals surface area contributed by atoms with Gasteiger partial charge in [0, 0.05) is 31.0 Å². The molecule has 1 aromatic carbocycles. The van der Waals surface area contributed by atoms with E-state index in [1.54, 1.807) is 35.5 Å². The van der Waals surface area contributed by atoms with Crippen molar-refractivity contribution in [1.29, 1.82) is 0 Å². The molecule has 0 atom stereocenters. The molecule has 0 aliphatic heterocycles. The summed E-state index contributed by atoms with van der Waals surface area (Å²) in [6.45, 7) is 3.26. The van der Waals surface area contributed by atoms with Crippen molar-refractivity contribution in [3.8, 4) is 0 Å². The third-order valence-corrected chi connectivity index (χ3v) is 3.68. The summed E-state index contributed by atoms with van der Waals surface area (Å²) in [7, 11) is 0. The second kappa shape index (κ2) is 7.09. The van der Waals surface area contributed by atoms with Crippen molar-refractivity contribution in [3.05, 3.63) is 58.9 Å². The van der Waals surface area contributed by atoms with E-state index in [0.717, 1.165) is 12.0 Å². The van der Waals surface area contributed by atoms with Gasteiger partial charge in [-0.15, -0.1) is 0 Å². The zero-order chi connectivity index (χ0) is 15.2. The van der Waals surface area contributed by atoms with Crippen LogP contribution >= 0.6 is 11.6 Å². The van der Waals surface area contributed by atoms with Gasteiger partial charge in [0.05, 0.1) is 10.7 Å². The van der Waals surface area contributed by atoms with Crippen LogP contribution in [0.2, 0.25) is 5.02 Å². The molecule has 2 rings (SSSR count). The molecular weight excluding hydrogens is 286 g/mol. The number of aromatic nitrogens is 1. The number of pyridine rings is 1. The number of amides is 1. The number of anilines is 1. The maximum absolute atomic E-state index is 12.5. The molecule has 1 heterocycles. The Balaban J connectivity index is 2.06. The standard InChI is InChI=1S/C16H18ClN3O/c1-2-20(10-7-12-5-8-19-9-6-12)16(21)13-3-4-14(17)15(18)11-13/h3-6,8-9,11H,2,7,10,18H2,1H3. The number of rotatable bonds is 5. The van der Waals surface area contributed by atoms with Crippen LogP contribution in [-0.2, 0) is 6.42 Å². The number of nitrogens with two attached hydrogens (primary N) is 1. The molecule has 21 heavy (non-hydrogen) atoms. The van der Waals surface area contributed by atoms with Gasteiger partial charge in [0.25, 0.3) is 5.91 Å². The third kappa shape index (κ3) is 3.95. The van der Waals surface area contributed by atoms with Gasteiger partial charge in [0.2, 0.25) is 0 Å². The summed E-state index contributed by atoms with van der Waals surface area (Å²) < 4.78 is 0. The Bertz CT molecular complexity index is 616. The van der Waals surface area contributed by atoms with Crippen molar-refractivity contribution in [1.82, 2.24) is 9.88 Å². The number of nitrogens with zero attached hydrogens (tertiary/aromatic N) is 2. The molecule has 0 spiro atoms. The van der Waals surface area contributed by atoms with E-state index >= 15 is 0 Å². The lowest BCUT2D eigenvalue weighted by atomic mass is 10.1. The first-order chi connectivity index (χ1) is 10.1. The van der Waals surface area contributed by atoms with Crippen molar-refractivity contribution >= 4 is 23.2 Å². The Morgan fingerprint density at radius 1 is 1.29 bits per heavy atom. The maximum Gasteiger partial charge on any atom is 0.253 e. The summed E-state index contributed by atoms with van der Waals surface area (Å²) in [4.78, 5) is 18.3. The van der Waals surface area contributed by atoms with Gasteiger partial charge < -0.3 is 10.6 Å². The normalized spacial score (nSPS) is 10.4. The van der Waals surface area contributed by atoms with E-state index in [1.165, 1.54) is 0 Å². The lowest BCUT2D eigenvalue weighted by molar-refractivity contribution is 0.0766. The van der Waals surface area contributed by atoms with Crippen LogP contribution in [0.5, 0.6) is 0 Å². The number of carbonyl (C=O) groups excluding carboxylic acids is 1. The largest absolute Gasteiger partial charge is 0.398 e. The summed E-state index contributed by atoms with van der Waals surface area (Å²) in [6.07, 6.45) is 4.31. The topological polar surface area (TPSA) is 59.2 Å². The monoisotopic (exact) mass is 303 g/mol. The Labute approximate surface area is 129 Å². The van der Waals surface area contributed by atoms with E-state index in [4.69, 9.17) is 17.3 Å². The molecule has 0 radical (unpaired) electrons. The number of hydrogen-bond donors (Lipinski definition) is 1. The van der Waals surface area contributed by atoms with Crippen molar-refractivity contribution in [3.63, 3.8) is 0 Å². The third-order valence-electron chi connectivity index (χ3n) is 3.33. The number of hydrogen-bond acceptors (Lipinski definition) is 3. The van der Waals surface area contributed by atoms with Gasteiger partial charge in [0.1, 0.15) is 0 Å². The van der Waals surface area contributed by atoms with E-state index in [9.17, 15) is 4.79 Å².